The van der Waals surface area contributed by atoms with Gasteiger partial charge >= 0.3 is 0 Å². The summed E-state index contributed by atoms with van der Waals surface area (Å²) in [5.74, 6) is 0.249. The van der Waals surface area contributed by atoms with Gasteiger partial charge in [0, 0.05) is 0 Å². The lowest BCUT2D eigenvalue weighted by molar-refractivity contribution is 0.259. The molecule has 0 radical (unpaired) electrons. The van der Waals surface area contributed by atoms with Gasteiger partial charge in [0.15, 0.2) is 5.82 Å². The summed E-state index contributed by atoms with van der Waals surface area (Å²) < 4.78 is 30.0. The fourth-order valence-electron chi connectivity index (χ4n) is 0.901. The molecule has 0 unspecified atom stereocenters. The van der Waals surface area contributed by atoms with Crippen molar-refractivity contribution in [1.82, 2.24) is 14.9 Å². The summed E-state index contributed by atoms with van der Waals surface area (Å²) in [6, 6.07) is -0.728. The number of nitrogens with two attached hydrogens (primary N) is 1. The molecule has 1 atom stereocenters. The summed E-state index contributed by atoms with van der Waals surface area (Å²) >= 11 is 0. The van der Waals surface area contributed by atoms with Crippen LogP contribution in [0.2, 0.25) is 0 Å². The van der Waals surface area contributed by atoms with Crippen molar-refractivity contribution in [2.24, 2.45) is 5.73 Å². The number of aromatic nitrogens is 2. The number of aliphatic hydroxyl groups is 1. The highest BCUT2D eigenvalue weighted by molar-refractivity contribution is 7.90. The van der Waals surface area contributed by atoms with E-state index >= 15 is 0 Å². The zero-order valence-electron chi connectivity index (χ0n) is 9.62. The third-order valence-electron chi connectivity index (χ3n) is 2.06. The standard InChI is InChI=1S/C8H16N4O4S/c1-5(2)17(14,15)10-3-7-11-8(12-16-7)6(9)4-13/h5-6,10,13H,3-4,9H2,1-2H3/t6-/m0/s1. The third kappa shape index (κ3) is 3.73. The van der Waals surface area contributed by atoms with Crippen LogP contribution in [0.3, 0.4) is 0 Å². The van der Waals surface area contributed by atoms with E-state index in [0.29, 0.717) is 0 Å². The number of aliphatic hydroxyl groups excluding tert-OH is 1. The van der Waals surface area contributed by atoms with Gasteiger partial charge in [0.1, 0.15) is 0 Å². The van der Waals surface area contributed by atoms with Gasteiger partial charge in [0.25, 0.3) is 0 Å². The number of rotatable bonds is 6. The Morgan fingerprint density at radius 2 is 2.18 bits per heavy atom. The molecule has 1 aromatic heterocycles. The molecule has 0 amide bonds. The Kier molecular flexibility index (Phi) is 4.57. The van der Waals surface area contributed by atoms with E-state index in [0.717, 1.165) is 0 Å². The van der Waals surface area contributed by atoms with Gasteiger partial charge in [0.05, 0.1) is 24.4 Å². The van der Waals surface area contributed by atoms with Crippen LogP contribution in [0.1, 0.15) is 31.6 Å². The van der Waals surface area contributed by atoms with Crippen LogP contribution in [-0.4, -0.2) is 35.5 Å². The van der Waals surface area contributed by atoms with Crippen molar-refractivity contribution in [3.8, 4) is 0 Å². The van der Waals surface area contributed by atoms with Crippen LogP contribution in [0.15, 0.2) is 4.52 Å². The molecule has 0 saturated carbocycles. The van der Waals surface area contributed by atoms with Crippen molar-refractivity contribution in [3.63, 3.8) is 0 Å². The van der Waals surface area contributed by atoms with Crippen LogP contribution in [0.5, 0.6) is 0 Å². The van der Waals surface area contributed by atoms with Crippen molar-refractivity contribution in [3.05, 3.63) is 11.7 Å². The van der Waals surface area contributed by atoms with E-state index in [1.165, 1.54) is 0 Å². The summed E-state index contributed by atoms with van der Waals surface area (Å²) in [6.07, 6.45) is 0. The molecule has 98 valence electrons. The largest absolute Gasteiger partial charge is 0.394 e. The number of sulfonamides is 1. The van der Waals surface area contributed by atoms with Crippen LogP contribution >= 0.6 is 0 Å². The number of nitrogens with one attached hydrogen (secondary N) is 1. The zero-order chi connectivity index (χ0) is 13.1. The second-order valence-electron chi connectivity index (χ2n) is 3.75. The Balaban J connectivity index is 2.62. The molecule has 0 fully saturated rings. The first kappa shape index (κ1) is 14.0. The van der Waals surface area contributed by atoms with E-state index in [1.807, 2.05) is 0 Å². The van der Waals surface area contributed by atoms with Crippen LogP contribution in [0, 0.1) is 0 Å². The first-order valence-electron chi connectivity index (χ1n) is 5.04. The smallest absolute Gasteiger partial charge is 0.241 e. The summed E-state index contributed by atoms with van der Waals surface area (Å²) in [7, 11) is -3.37. The van der Waals surface area contributed by atoms with Crippen molar-refractivity contribution in [2.45, 2.75) is 31.7 Å². The topological polar surface area (TPSA) is 131 Å². The third-order valence-corrected chi connectivity index (χ3v) is 3.85. The molecule has 1 rings (SSSR count). The zero-order valence-corrected chi connectivity index (χ0v) is 10.4. The van der Waals surface area contributed by atoms with Gasteiger partial charge in [-0.15, -0.1) is 0 Å². The Hall–Kier alpha value is -1.03. The maximum atomic E-state index is 11.4. The molecule has 1 heterocycles. The highest BCUT2D eigenvalue weighted by Gasteiger charge is 2.18. The van der Waals surface area contributed by atoms with E-state index in [2.05, 4.69) is 14.9 Å². The Labute approximate surface area is 99.3 Å². The summed E-state index contributed by atoms with van der Waals surface area (Å²) in [5, 5.41) is 11.8. The van der Waals surface area contributed by atoms with Gasteiger partial charge in [-0.05, 0) is 13.8 Å². The minimum absolute atomic E-state index is 0.0916. The SMILES string of the molecule is CC(C)S(=O)(=O)NCc1nc([C@@H](N)CO)no1. The molecule has 0 aliphatic heterocycles. The molecule has 0 saturated heterocycles. The molecule has 9 heteroatoms. The van der Waals surface area contributed by atoms with Gasteiger partial charge < -0.3 is 15.4 Å². The van der Waals surface area contributed by atoms with E-state index in [1.54, 1.807) is 13.8 Å². The predicted molar refractivity (Wildman–Crippen MR) is 59.2 cm³/mol. The van der Waals surface area contributed by atoms with Crippen molar-refractivity contribution < 1.29 is 18.0 Å². The lowest BCUT2D eigenvalue weighted by atomic mass is 10.3. The van der Waals surface area contributed by atoms with Crippen molar-refractivity contribution in [2.75, 3.05) is 6.61 Å². The molecular weight excluding hydrogens is 248 g/mol. The predicted octanol–water partition coefficient (Wildman–Crippen LogP) is -1.11. The van der Waals surface area contributed by atoms with Gasteiger partial charge in [0.2, 0.25) is 15.9 Å². The van der Waals surface area contributed by atoms with Gasteiger partial charge in [-0.3, -0.25) is 0 Å². The summed E-state index contributed by atoms with van der Waals surface area (Å²) in [6.45, 7) is 2.72. The number of hydrogen-bond donors (Lipinski definition) is 3. The fraction of sp³-hybridized carbons (Fsp3) is 0.750. The van der Waals surface area contributed by atoms with Crippen molar-refractivity contribution in [1.29, 1.82) is 0 Å². The molecule has 4 N–H and O–H groups in total. The molecule has 17 heavy (non-hydrogen) atoms. The van der Waals surface area contributed by atoms with E-state index in [-0.39, 0.29) is 24.9 Å². The molecule has 0 bridgehead atoms. The Morgan fingerprint density at radius 1 is 1.53 bits per heavy atom. The summed E-state index contributed by atoms with van der Waals surface area (Å²) in [5.41, 5.74) is 5.46. The average molecular weight is 264 g/mol. The van der Waals surface area contributed by atoms with E-state index < -0.39 is 21.3 Å². The van der Waals surface area contributed by atoms with Crippen molar-refractivity contribution >= 4 is 10.0 Å². The van der Waals surface area contributed by atoms with E-state index in [4.69, 9.17) is 15.4 Å². The minimum atomic E-state index is -3.37. The highest BCUT2D eigenvalue weighted by atomic mass is 32.2. The molecule has 8 nitrogen and oxygen atoms in total. The highest BCUT2D eigenvalue weighted by Crippen LogP contribution is 2.06. The molecular formula is C8H16N4O4S. The molecule has 1 aromatic rings. The quantitative estimate of drug-likeness (QED) is 0.593. The second-order valence-corrected chi connectivity index (χ2v) is 6.07. The summed E-state index contributed by atoms with van der Waals surface area (Å²) in [4.78, 5) is 3.85. The average Bonchev–Trinajstić information content (AvgIpc) is 2.74. The van der Waals surface area contributed by atoms with Crippen LogP contribution in [0.25, 0.3) is 0 Å². The first-order valence-corrected chi connectivity index (χ1v) is 6.59. The lowest BCUT2D eigenvalue weighted by Gasteiger charge is -2.06. The van der Waals surface area contributed by atoms with Crippen LogP contribution in [-0.2, 0) is 16.6 Å². The monoisotopic (exact) mass is 264 g/mol. The maximum Gasteiger partial charge on any atom is 0.241 e. The Morgan fingerprint density at radius 3 is 2.71 bits per heavy atom. The second kappa shape index (κ2) is 5.54. The number of hydrogen-bond acceptors (Lipinski definition) is 7. The lowest BCUT2D eigenvalue weighted by Crippen LogP contribution is -2.30. The number of nitrogens with zero attached hydrogens (tertiary/aromatic N) is 2. The maximum absolute atomic E-state index is 11.4. The van der Waals surface area contributed by atoms with Gasteiger partial charge in [-0.1, -0.05) is 5.16 Å². The fourth-order valence-corrected chi connectivity index (χ4v) is 1.56. The van der Waals surface area contributed by atoms with Gasteiger partial charge in [-0.2, -0.15) is 4.98 Å². The van der Waals surface area contributed by atoms with Crippen LogP contribution < -0.4 is 10.5 Å². The van der Waals surface area contributed by atoms with Gasteiger partial charge in [-0.25, -0.2) is 13.1 Å². The molecule has 0 aromatic carbocycles. The molecule has 0 aliphatic carbocycles. The molecule has 0 spiro atoms. The molecule has 0 aliphatic rings. The first-order chi connectivity index (χ1) is 7.86. The van der Waals surface area contributed by atoms with E-state index in [9.17, 15) is 8.42 Å². The minimum Gasteiger partial charge on any atom is -0.394 e. The van der Waals surface area contributed by atoms with Crippen LogP contribution in [0.4, 0.5) is 0 Å². The normalized spacial score (nSPS) is 14.2. The Bertz CT molecular complexity index is 456.